The third-order valence-corrected chi connectivity index (χ3v) is 5.14. The quantitative estimate of drug-likeness (QED) is 0.463. The van der Waals surface area contributed by atoms with Gasteiger partial charge in [0.15, 0.2) is 6.61 Å². The molecule has 0 bridgehead atoms. The van der Waals surface area contributed by atoms with Gasteiger partial charge in [0.1, 0.15) is 5.01 Å². The van der Waals surface area contributed by atoms with Crippen molar-refractivity contribution in [3.05, 3.63) is 71.2 Å². The molecule has 28 heavy (non-hydrogen) atoms. The molecule has 0 saturated carbocycles. The lowest BCUT2D eigenvalue weighted by Gasteiger charge is -2.13. The Kier molecular flexibility index (Phi) is 6.92. The van der Waals surface area contributed by atoms with Gasteiger partial charge in [0.2, 0.25) is 0 Å². The first-order valence-electron chi connectivity index (χ1n) is 9.14. The fraction of sp³-hybridized carbons (Fsp3) is 0.227. The largest absolute Gasteiger partial charge is 0.452 e. The van der Waals surface area contributed by atoms with Crippen LogP contribution in [0.15, 0.2) is 60.7 Å². The van der Waals surface area contributed by atoms with E-state index >= 15 is 0 Å². The standard InChI is InChI=1S/C22H22N2O3S/c1-16(11-12-17-7-3-2-4-8-17)23-20(25)15-27-22(26)14-13-21-24-18-9-5-6-10-19(18)28-21/h2-10,13-14,16H,11-12,15H2,1H3,(H,23,25)/b14-13+/t16-/m1/s1. The Morgan fingerprint density at radius 2 is 1.89 bits per heavy atom. The number of nitrogens with one attached hydrogen (secondary N) is 1. The second-order valence-electron chi connectivity index (χ2n) is 6.45. The predicted molar refractivity (Wildman–Crippen MR) is 112 cm³/mol. The average molecular weight is 394 g/mol. The number of fused-ring (bicyclic) bond motifs is 1. The van der Waals surface area contributed by atoms with Crippen LogP contribution in [0, 0.1) is 0 Å². The number of ether oxygens (including phenoxy) is 1. The average Bonchev–Trinajstić information content (AvgIpc) is 3.13. The zero-order valence-electron chi connectivity index (χ0n) is 15.6. The number of thiazole rings is 1. The summed E-state index contributed by atoms with van der Waals surface area (Å²) in [6.45, 7) is 1.65. The highest BCUT2D eigenvalue weighted by Crippen LogP contribution is 2.22. The Bertz CT molecular complexity index is 933. The van der Waals surface area contributed by atoms with Crippen LogP contribution in [-0.4, -0.2) is 29.5 Å². The summed E-state index contributed by atoms with van der Waals surface area (Å²) in [6, 6.07) is 17.9. The van der Waals surface area contributed by atoms with Crippen LogP contribution >= 0.6 is 11.3 Å². The topological polar surface area (TPSA) is 68.3 Å². The summed E-state index contributed by atoms with van der Waals surface area (Å²) in [5.41, 5.74) is 2.12. The molecule has 1 atom stereocenters. The number of aromatic nitrogens is 1. The first-order valence-corrected chi connectivity index (χ1v) is 9.95. The van der Waals surface area contributed by atoms with E-state index in [2.05, 4.69) is 22.4 Å². The number of nitrogens with zero attached hydrogens (tertiary/aromatic N) is 1. The minimum absolute atomic E-state index is 0.00435. The van der Waals surface area contributed by atoms with Gasteiger partial charge >= 0.3 is 5.97 Å². The number of rotatable bonds is 8. The normalized spacial score (nSPS) is 12.2. The van der Waals surface area contributed by atoms with E-state index in [1.807, 2.05) is 49.4 Å². The molecule has 6 heteroatoms. The second kappa shape index (κ2) is 9.80. The molecule has 0 aliphatic carbocycles. The number of hydrogen-bond acceptors (Lipinski definition) is 5. The second-order valence-corrected chi connectivity index (χ2v) is 7.52. The fourth-order valence-electron chi connectivity index (χ4n) is 2.70. The number of aryl methyl sites for hydroxylation is 1. The van der Waals surface area contributed by atoms with Gasteiger partial charge in [-0.2, -0.15) is 0 Å². The van der Waals surface area contributed by atoms with Crippen LogP contribution in [0.25, 0.3) is 16.3 Å². The maximum atomic E-state index is 11.9. The first kappa shape index (κ1) is 19.8. The van der Waals surface area contributed by atoms with Crippen LogP contribution < -0.4 is 5.32 Å². The summed E-state index contributed by atoms with van der Waals surface area (Å²) in [4.78, 5) is 28.2. The monoisotopic (exact) mass is 394 g/mol. The number of carbonyl (C=O) groups excluding carboxylic acids is 2. The van der Waals surface area contributed by atoms with Gasteiger partial charge in [0.05, 0.1) is 10.2 Å². The van der Waals surface area contributed by atoms with Crippen LogP contribution in [0.3, 0.4) is 0 Å². The molecule has 1 amide bonds. The highest BCUT2D eigenvalue weighted by Gasteiger charge is 2.10. The summed E-state index contributed by atoms with van der Waals surface area (Å²) >= 11 is 1.49. The zero-order valence-corrected chi connectivity index (χ0v) is 16.4. The molecule has 0 aliphatic heterocycles. The van der Waals surface area contributed by atoms with Crippen molar-refractivity contribution in [2.24, 2.45) is 0 Å². The van der Waals surface area contributed by atoms with Crippen molar-refractivity contribution in [2.45, 2.75) is 25.8 Å². The molecule has 0 fully saturated rings. The van der Waals surface area contributed by atoms with Gasteiger partial charge < -0.3 is 10.1 Å². The van der Waals surface area contributed by atoms with Crippen molar-refractivity contribution in [1.82, 2.24) is 10.3 Å². The van der Waals surface area contributed by atoms with Crippen molar-refractivity contribution in [3.63, 3.8) is 0 Å². The molecule has 0 unspecified atom stereocenters. The lowest BCUT2D eigenvalue weighted by molar-refractivity contribution is -0.144. The summed E-state index contributed by atoms with van der Waals surface area (Å²) in [7, 11) is 0. The molecular formula is C22H22N2O3S. The highest BCUT2D eigenvalue weighted by atomic mass is 32.1. The van der Waals surface area contributed by atoms with Crippen molar-refractivity contribution >= 4 is 39.5 Å². The summed E-state index contributed by atoms with van der Waals surface area (Å²) < 4.78 is 6.06. The van der Waals surface area contributed by atoms with Gasteiger partial charge in [-0.25, -0.2) is 9.78 Å². The molecule has 1 heterocycles. The van der Waals surface area contributed by atoms with Gasteiger partial charge in [0.25, 0.3) is 5.91 Å². The number of carbonyl (C=O) groups is 2. The fourth-order valence-corrected chi connectivity index (χ4v) is 3.57. The highest BCUT2D eigenvalue weighted by molar-refractivity contribution is 7.19. The van der Waals surface area contributed by atoms with Gasteiger partial charge in [-0.15, -0.1) is 11.3 Å². The third kappa shape index (κ3) is 6.03. The third-order valence-electron chi connectivity index (χ3n) is 4.13. The molecule has 0 spiro atoms. The van der Waals surface area contributed by atoms with Crippen LogP contribution in [0.4, 0.5) is 0 Å². The number of para-hydroxylation sites is 1. The Balaban J connectivity index is 1.39. The number of benzene rings is 2. The molecule has 3 aromatic rings. The van der Waals surface area contributed by atoms with E-state index in [0.29, 0.717) is 0 Å². The Morgan fingerprint density at radius 3 is 2.68 bits per heavy atom. The molecule has 3 rings (SSSR count). The summed E-state index contributed by atoms with van der Waals surface area (Å²) in [5.74, 6) is -0.867. The van der Waals surface area contributed by atoms with E-state index in [1.54, 1.807) is 6.08 Å². The summed E-state index contributed by atoms with van der Waals surface area (Å²) in [6.07, 6.45) is 4.60. The van der Waals surface area contributed by atoms with Crippen molar-refractivity contribution in [3.8, 4) is 0 Å². The lowest BCUT2D eigenvalue weighted by atomic mass is 10.1. The van der Waals surface area contributed by atoms with Crippen LogP contribution in [-0.2, 0) is 20.7 Å². The molecule has 0 saturated heterocycles. The van der Waals surface area contributed by atoms with E-state index in [-0.39, 0.29) is 18.6 Å². The maximum Gasteiger partial charge on any atom is 0.331 e. The SMILES string of the molecule is C[C@H](CCc1ccccc1)NC(=O)COC(=O)/C=C/c1nc2ccccc2s1. The maximum absolute atomic E-state index is 11.9. The van der Waals surface area contributed by atoms with Gasteiger partial charge in [-0.05, 0) is 43.5 Å². The van der Waals surface area contributed by atoms with Gasteiger partial charge in [-0.3, -0.25) is 4.79 Å². The Hall–Kier alpha value is -2.99. The molecule has 144 valence electrons. The van der Waals surface area contributed by atoms with E-state index in [4.69, 9.17) is 4.74 Å². The van der Waals surface area contributed by atoms with E-state index in [0.717, 1.165) is 28.1 Å². The predicted octanol–water partition coefficient (Wildman–Crippen LogP) is 3.99. The van der Waals surface area contributed by atoms with Crippen molar-refractivity contribution in [2.75, 3.05) is 6.61 Å². The summed E-state index contributed by atoms with van der Waals surface area (Å²) in [5, 5.41) is 3.57. The van der Waals surface area contributed by atoms with Crippen LogP contribution in [0.5, 0.6) is 0 Å². The zero-order chi connectivity index (χ0) is 19.8. The van der Waals surface area contributed by atoms with Gasteiger partial charge in [-0.1, -0.05) is 42.5 Å². The molecule has 1 N–H and O–H groups in total. The lowest BCUT2D eigenvalue weighted by Crippen LogP contribution is -2.36. The number of amides is 1. The van der Waals surface area contributed by atoms with Crippen LogP contribution in [0.1, 0.15) is 23.9 Å². The van der Waals surface area contributed by atoms with E-state index in [1.165, 1.54) is 23.0 Å². The minimum atomic E-state index is -0.564. The number of esters is 1. The molecular weight excluding hydrogens is 372 g/mol. The van der Waals surface area contributed by atoms with Crippen molar-refractivity contribution in [1.29, 1.82) is 0 Å². The smallest absolute Gasteiger partial charge is 0.331 e. The van der Waals surface area contributed by atoms with Crippen molar-refractivity contribution < 1.29 is 14.3 Å². The minimum Gasteiger partial charge on any atom is -0.452 e. The molecule has 2 aromatic carbocycles. The Morgan fingerprint density at radius 1 is 1.14 bits per heavy atom. The molecule has 5 nitrogen and oxygen atoms in total. The van der Waals surface area contributed by atoms with Gasteiger partial charge in [0, 0.05) is 12.1 Å². The van der Waals surface area contributed by atoms with E-state index in [9.17, 15) is 9.59 Å². The molecule has 0 radical (unpaired) electrons. The number of hydrogen-bond donors (Lipinski definition) is 1. The van der Waals surface area contributed by atoms with Crippen LogP contribution in [0.2, 0.25) is 0 Å². The van der Waals surface area contributed by atoms with E-state index < -0.39 is 5.97 Å². The first-order chi connectivity index (χ1) is 13.6. The Labute approximate surface area is 168 Å². The molecule has 1 aromatic heterocycles. The molecule has 0 aliphatic rings.